The molecule has 4 unspecified atom stereocenters. The van der Waals surface area contributed by atoms with Gasteiger partial charge in [-0.05, 0) is 24.0 Å². The average molecular weight is 606 g/mol. The van der Waals surface area contributed by atoms with Crippen LogP contribution in [0.25, 0.3) is 0 Å². The Bertz CT molecular complexity index is 1380. The highest BCUT2D eigenvalue weighted by Crippen LogP contribution is 2.09. The van der Waals surface area contributed by atoms with Crippen LogP contribution in [0.4, 0.5) is 0 Å². The third-order valence-corrected chi connectivity index (χ3v) is 6.72. The molecule has 0 aliphatic rings. The van der Waals surface area contributed by atoms with Gasteiger partial charge in [0.25, 0.3) is 0 Å². The second-order valence-electron chi connectivity index (χ2n) is 10.2. The molecule has 1 heterocycles. The molecule has 14 nitrogen and oxygen atoms in total. The van der Waals surface area contributed by atoms with Crippen molar-refractivity contribution < 1.29 is 24.3 Å². The van der Waals surface area contributed by atoms with Crippen molar-refractivity contribution in [1.29, 1.82) is 0 Å². The van der Waals surface area contributed by atoms with Crippen LogP contribution < -0.4 is 33.2 Å². The van der Waals surface area contributed by atoms with Crippen molar-refractivity contribution in [3.63, 3.8) is 0 Å². The first-order chi connectivity index (χ1) is 21.1. The molecule has 14 heteroatoms. The summed E-state index contributed by atoms with van der Waals surface area (Å²) in [6, 6.07) is 13.4. The molecule has 0 saturated heterocycles. The van der Waals surface area contributed by atoms with Gasteiger partial charge < -0.3 is 43.2 Å². The molecule has 3 amide bonds. The van der Waals surface area contributed by atoms with Crippen molar-refractivity contribution in [3.8, 4) is 0 Å². The number of hydrogen-bond donors (Lipinski definition) is 8. The van der Waals surface area contributed by atoms with E-state index in [2.05, 4.69) is 30.9 Å². The van der Waals surface area contributed by atoms with Crippen molar-refractivity contribution in [1.82, 2.24) is 25.9 Å². The minimum Gasteiger partial charge on any atom is -0.480 e. The van der Waals surface area contributed by atoms with E-state index in [1.807, 2.05) is 6.07 Å². The molecule has 0 bridgehead atoms. The van der Waals surface area contributed by atoms with Gasteiger partial charge in [0.2, 0.25) is 17.7 Å². The fraction of sp³-hybridized carbons (Fsp3) is 0.333. The second kappa shape index (κ2) is 17.0. The fourth-order valence-corrected chi connectivity index (χ4v) is 4.43. The lowest BCUT2D eigenvalue weighted by Crippen LogP contribution is -2.58. The Hall–Kier alpha value is -5.24. The SMILES string of the molecule is NC(N)=NCCCC(NC(=O)C(Cc1ccccc1)NC(=O)C(N)Cc1cnc[nH]1)C(=O)NC(Cc1ccccc1)C(=O)O. The number of aliphatic imine (C=N–C) groups is 1. The third-order valence-electron chi connectivity index (χ3n) is 6.72. The summed E-state index contributed by atoms with van der Waals surface area (Å²) in [6.45, 7) is 0.182. The summed E-state index contributed by atoms with van der Waals surface area (Å²) in [5.74, 6) is -3.27. The molecule has 0 saturated carbocycles. The number of nitrogens with one attached hydrogen (secondary N) is 4. The van der Waals surface area contributed by atoms with Crippen LogP contribution in [-0.2, 0) is 38.4 Å². The van der Waals surface area contributed by atoms with Crippen LogP contribution in [0.3, 0.4) is 0 Å². The Morgan fingerprint density at radius 2 is 1.34 bits per heavy atom. The monoisotopic (exact) mass is 605 g/mol. The molecule has 1 aromatic heterocycles. The van der Waals surface area contributed by atoms with Crippen LogP contribution in [0.15, 0.2) is 78.2 Å². The summed E-state index contributed by atoms with van der Waals surface area (Å²) in [7, 11) is 0. The fourth-order valence-electron chi connectivity index (χ4n) is 4.43. The predicted octanol–water partition coefficient (Wildman–Crippen LogP) is -0.642. The summed E-state index contributed by atoms with van der Waals surface area (Å²) < 4.78 is 0. The van der Waals surface area contributed by atoms with Gasteiger partial charge in [-0.3, -0.25) is 19.4 Å². The van der Waals surface area contributed by atoms with Crippen molar-refractivity contribution in [2.45, 2.75) is 56.3 Å². The zero-order valence-corrected chi connectivity index (χ0v) is 24.2. The number of H-pyrrole nitrogens is 1. The summed E-state index contributed by atoms with van der Waals surface area (Å²) in [4.78, 5) is 62.8. The summed E-state index contributed by atoms with van der Waals surface area (Å²) >= 11 is 0. The Kier molecular flexibility index (Phi) is 12.9. The van der Waals surface area contributed by atoms with Gasteiger partial charge in [-0.2, -0.15) is 0 Å². The second-order valence-corrected chi connectivity index (χ2v) is 10.2. The maximum Gasteiger partial charge on any atom is 0.326 e. The number of carboxylic acids is 1. The standard InChI is InChI=1S/C30H39N9O5/c31-22(16-21-17-34-18-36-21)26(40)38-24(14-19-8-3-1-4-9-19)28(42)37-23(12-7-13-35-30(32)33)27(41)39-25(29(43)44)15-20-10-5-2-6-11-20/h1-6,8-11,17-18,22-25H,7,12-16,31H2,(H,34,36)(H,37,42)(H,38,40)(H,39,41)(H,43,44)(H4,32,33,35). The number of aliphatic carboxylic acids is 1. The zero-order chi connectivity index (χ0) is 31.9. The normalized spacial score (nSPS) is 13.5. The number of aromatic amines is 1. The molecule has 234 valence electrons. The molecular weight excluding hydrogens is 566 g/mol. The molecule has 3 aromatic rings. The van der Waals surface area contributed by atoms with Gasteiger partial charge in [0.1, 0.15) is 18.1 Å². The van der Waals surface area contributed by atoms with Gasteiger partial charge in [0.15, 0.2) is 5.96 Å². The Morgan fingerprint density at radius 3 is 1.89 bits per heavy atom. The number of carboxylic acid groups (broad SMARTS) is 1. The van der Waals surface area contributed by atoms with Crippen molar-refractivity contribution >= 4 is 29.7 Å². The number of amides is 3. The molecule has 0 radical (unpaired) electrons. The molecule has 0 aliphatic carbocycles. The molecule has 0 spiro atoms. The first-order valence-electron chi connectivity index (χ1n) is 14.1. The van der Waals surface area contributed by atoms with Crippen LogP contribution in [-0.4, -0.2) is 75.4 Å². The summed E-state index contributed by atoms with van der Waals surface area (Å²) in [6.07, 6.45) is 3.74. The Labute approximate surface area is 254 Å². The van der Waals surface area contributed by atoms with Gasteiger partial charge in [0.05, 0.1) is 12.4 Å². The van der Waals surface area contributed by atoms with E-state index in [0.29, 0.717) is 17.7 Å². The number of nitrogens with zero attached hydrogens (tertiary/aromatic N) is 2. The molecule has 11 N–H and O–H groups in total. The lowest BCUT2D eigenvalue weighted by atomic mass is 10.0. The molecule has 4 atom stereocenters. The molecular formula is C30H39N9O5. The summed E-state index contributed by atoms with van der Waals surface area (Å²) in [5.41, 5.74) is 19.0. The van der Waals surface area contributed by atoms with Gasteiger partial charge in [-0.15, -0.1) is 0 Å². The predicted molar refractivity (Wildman–Crippen MR) is 164 cm³/mol. The van der Waals surface area contributed by atoms with E-state index >= 15 is 0 Å². The van der Waals surface area contributed by atoms with Crippen LogP contribution in [0.5, 0.6) is 0 Å². The van der Waals surface area contributed by atoms with Gasteiger partial charge in [0, 0.05) is 37.7 Å². The number of nitrogens with two attached hydrogens (primary N) is 3. The first-order valence-corrected chi connectivity index (χ1v) is 14.1. The number of rotatable bonds is 17. The topological polar surface area (TPSA) is 244 Å². The third kappa shape index (κ3) is 11.2. The molecule has 3 rings (SSSR count). The van der Waals surface area contributed by atoms with Gasteiger partial charge >= 0.3 is 5.97 Å². The van der Waals surface area contributed by atoms with Crippen LogP contribution in [0, 0.1) is 0 Å². The number of guanidine groups is 1. The van der Waals surface area contributed by atoms with E-state index in [1.54, 1.807) is 60.8 Å². The van der Waals surface area contributed by atoms with Gasteiger partial charge in [-0.25, -0.2) is 9.78 Å². The van der Waals surface area contributed by atoms with Crippen LogP contribution >= 0.6 is 0 Å². The molecule has 2 aromatic carbocycles. The molecule has 0 aliphatic heterocycles. The first kappa shape index (κ1) is 33.3. The maximum atomic E-state index is 13.6. The number of carbonyl (C=O) groups is 4. The van der Waals surface area contributed by atoms with Crippen LogP contribution in [0.2, 0.25) is 0 Å². The van der Waals surface area contributed by atoms with Crippen molar-refractivity contribution in [3.05, 3.63) is 90.0 Å². The Morgan fingerprint density at radius 1 is 0.795 bits per heavy atom. The smallest absolute Gasteiger partial charge is 0.326 e. The number of benzene rings is 2. The highest BCUT2D eigenvalue weighted by atomic mass is 16.4. The quantitative estimate of drug-likeness (QED) is 0.0553. The number of imidazole rings is 1. The highest BCUT2D eigenvalue weighted by molar-refractivity contribution is 5.94. The highest BCUT2D eigenvalue weighted by Gasteiger charge is 2.30. The maximum absolute atomic E-state index is 13.6. The largest absolute Gasteiger partial charge is 0.480 e. The summed E-state index contributed by atoms with van der Waals surface area (Å²) in [5, 5.41) is 17.7. The van der Waals surface area contributed by atoms with E-state index < -0.39 is 47.9 Å². The van der Waals surface area contributed by atoms with E-state index in [9.17, 15) is 24.3 Å². The van der Waals surface area contributed by atoms with Crippen LogP contribution in [0.1, 0.15) is 29.7 Å². The lowest BCUT2D eigenvalue weighted by molar-refractivity contribution is -0.142. The van der Waals surface area contributed by atoms with Crippen molar-refractivity contribution in [2.24, 2.45) is 22.2 Å². The molecule has 44 heavy (non-hydrogen) atoms. The minimum absolute atomic E-state index is 0.0392. The average Bonchev–Trinajstić information content (AvgIpc) is 3.51. The van der Waals surface area contributed by atoms with Gasteiger partial charge in [-0.1, -0.05) is 60.7 Å². The molecule has 0 fully saturated rings. The van der Waals surface area contributed by atoms with E-state index in [-0.39, 0.29) is 38.2 Å². The number of hydrogen-bond acceptors (Lipinski definition) is 7. The zero-order valence-electron chi connectivity index (χ0n) is 24.2. The van der Waals surface area contributed by atoms with E-state index in [4.69, 9.17) is 17.2 Å². The number of aromatic nitrogens is 2. The van der Waals surface area contributed by atoms with E-state index in [0.717, 1.165) is 5.56 Å². The minimum atomic E-state index is -1.25. The van der Waals surface area contributed by atoms with E-state index in [1.165, 1.54) is 6.33 Å². The Balaban J connectivity index is 1.78. The number of carbonyl (C=O) groups excluding carboxylic acids is 3. The van der Waals surface area contributed by atoms with Crippen molar-refractivity contribution in [2.75, 3.05) is 6.54 Å². The lowest BCUT2D eigenvalue weighted by Gasteiger charge is -2.25.